The average molecular weight is 294 g/mol. The molecule has 1 aromatic heterocycles. The van der Waals surface area contributed by atoms with E-state index in [0.29, 0.717) is 12.0 Å². The van der Waals surface area contributed by atoms with Gasteiger partial charge in [-0.3, -0.25) is 9.78 Å². The van der Waals surface area contributed by atoms with Crippen molar-refractivity contribution >= 4 is 12.0 Å². The quantitative estimate of drug-likeness (QED) is 0.809. The predicted molar refractivity (Wildman–Crippen MR) is 73.2 cm³/mol. The van der Waals surface area contributed by atoms with Gasteiger partial charge in [0.1, 0.15) is 6.29 Å². The second kappa shape index (κ2) is 5.95. The summed E-state index contributed by atoms with van der Waals surface area (Å²) in [5.74, 6) is 0. The number of rotatable bonds is 4. The molecule has 0 bridgehead atoms. The van der Waals surface area contributed by atoms with E-state index in [-0.39, 0.29) is 17.8 Å². The van der Waals surface area contributed by atoms with Gasteiger partial charge in [0.05, 0.1) is 17.8 Å². The van der Waals surface area contributed by atoms with Gasteiger partial charge in [-0.2, -0.15) is 13.2 Å². The molecule has 0 aliphatic carbocycles. The van der Waals surface area contributed by atoms with Gasteiger partial charge in [0.2, 0.25) is 0 Å². The van der Waals surface area contributed by atoms with E-state index in [1.54, 1.807) is 31.4 Å². The van der Waals surface area contributed by atoms with E-state index in [1.807, 2.05) is 0 Å². The zero-order valence-electron chi connectivity index (χ0n) is 11.3. The Hall–Kier alpha value is -2.37. The molecule has 6 heteroatoms. The minimum Gasteiger partial charge on any atom is -0.368 e. The van der Waals surface area contributed by atoms with Gasteiger partial charge >= 0.3 is 6.18 Å². The Balaban J connectivity index is 2.36. The second-order valence-corrected chi connectivity index (χ2v) is 4.57. The lowest BCUT2D eigenvalue weighted by molar-refractivity contribution is -0.137. The third-order valence-electron chi connectivity index (χ3n) is 3.00. The number of benzene rings is 1. The van der Waals surface area contributed by atoms with Crippen LogP contribution in [0.25, 0.3) is 0 Å². The number of halogens is 3. The molecule has 110 valence electrons. The van der Waals surface area contributed by atoms with Crippen molar-refractivity contribution in [3.05, 3.63) is 59.4 Å². The number of carbonyl (C=O) groups is 1. The summed E-state index contributed by atoms with van der Waals surface area (Å²) in [7, 11) is 1.56. The summed E-state index contributed by atoms with van der Waals surface area (Å²) in [6, 6.07) is 8.78. The first-order valence-corrected chi connectivity index (χ1v) is 6.19. The fourth-order valence-electron chi connectivity index (χ4n) is 2.01. The fraction of sp³-hybridized carbons (Fsp3) is 0.200. The van der Waals surface area contributed by atoms with Crippen LogP contribution in [0, 0.1) is 0 Å². The monoisotopic (exact) mass is 294 g/mol. The van der Waals surface area contributed by atoms with Crippen molar-refractivity contribution in [3.63, 3.8) is 0 Å². The molecular weight excluding hydrogens is 281 g/mol. The normalized spacial score (nSPS) is 11.2. The van der Waals surface area contributed by atoms with Gasteiger partial charge in [-0.05, 0) is 30.3 Å². The molecule has 0 spiro atoms. The number of pyridine rings is 1. The summed E-state index contributed by atoms with van der Waals surface area (Å²) < 4.78 is 39.3. The zero-order chi connectivity index (χ0) is 15.5. The van der Waals surface area contributed by atoms with Crippen LogP contribution in [0.3, 0.4) is 0 Å². The van der Waals surface area contributed by atoms with Crippen molar-refractivity contribution in [3.8, 4) is 0 Å². The first-order valence-electron chi connectivity index (χ1n) is 6.19. The zero-order valence-corrected chi connectivity index (χ0v) is 11.3. The number of hydrogen-bond acceptors (Lipinski definition) is 3. The standard InChI is InChI=1S/C15H13F3N2O/c1-20(9-12-4-2-3-7-19-12)14-6-5-11(10-21)8-13(14)15(16,17)18/h2-8,10H,9H2,1H3. The molecule has 1 aromatic carbocycles. The highest BCUT2D eigenvalue weighted by atomic mass is 19.4. The van der Waals surface area contributed by atoms with E-state index in [0.717, 1.165) is 6.07 Å². The highest BCUT2D eigenvalue weighted by Crippen LogP contribution is 2.37. The van der Waals surface area contributed by atoms with Crippen molar-refractivity contribution in [2.45, 2.75) is 12.7 Å². The Morgan fingerprint density at radius 2 is 2.00 bits per heavy atom. The van der Waals surface area contributed by atoms with Gasteiger partial charge in [-0.1, -0.05) is 6.07 Å². The van der Waals surface area contributed by atoms with Crippen LogP contribution < -0.4 is 4.90 Å². The van der Waals surface area contributed by atoms with E-state index >= 15 is 0 Å². The van der Waals surface area contributed by atoms with Crippen molar-refractivity contribution in [2.75, 3.05) is 11.9 Å². The minimum absolute atomic E-state index is 0.00249. The van der Waals surface area contributed by atoms with E-state index < -0.39 is 11.7 Å². The molecule has 0 unspecified atom stereocenters. The molecule has 21 heavy (non-hydrogen) atoms. The number of aldehydes is 1. The Bertz CT molecular complexity index is 627. The molecule has 0 saturated carbocycles. The number of nitrogens with zero attached hydrogens (tertiary/aromatic N) is 2. The molecule has 2 rings (SSSR count). The number of hydrogen-bond donors (Lipinski definition) is 0. The van der Waals surface area contributed by atoms with Crippen LogP contribution in [0.15, 0.2) is 42.6 Å². The lowest BCUT2D eigenvalue weighted by Crippen LogP contribution is -2.21. The summed E-state index contributed by atoms with van der Waals surface area (Å²) in [4.78, 5) is 16.2. The second-order valence-electron chi connectivity index (χ2n) is 4.57. The van der Waals surface area contributed by atoms with Crippen molar-refractivity contribution in [2.24, 2.45) is 0 Å². The van der Waals surface area contributed by atoms with E-state index in [9.17, 15) is 18.0 Å². The lowest BCUT2D eigenvalue weighted by Gasteiger charge is -2.23. The molecule has 0 atom stereocenters. The maximum atomic E-state index is 13.1. The predicted octanol–water partition coefficient (Wildman–Crippen LogP) is 3.55. The van der Waals surface area contributed by atoms with Crippen molar-refractivity contribution in [1.29, 1.82) is 0 Å². The summed E-state index contributed by atoms with van der Waals surface area (Å²) in [6.07, 6.45) is -2.53. The van der Waals surface area contributed by atoms with E-state index in [4.69, 9.17) is 0 Å². The molecule has 0 fully saturated rings. The van der Waals surface area contributed by atoms with Gasteiger partial charge in [-0.15, -0.1) is 0 Å². The molecule has 2 aromatic rings. The van der Waals surface area contributed by atoms with Crippen LogP contribution in [0.5, 0.6) is 0 Å². The Morgan fingerprint density at radius 1 is 1.24 bits per heavy atom. The van der Waals surface area contributed by atoms with Gasteiger partial charge < -0.3 is 4.90 Å². The van der Waals surface area contributed by atoms with Gasteiger partial charge in [-0.25, -0.2) is 0 Å². The first kappa shape index (κ1) is 15.0. The maximum absolute atomic E-state index is 13.1. The topological polar surface area (TPSA) is 33.2 Å². The molecule has 0 aliphatic heterocycles. The van der Waals surface area contributed by atoms with Gasteiger partial charge in [0, 0.05) is 24.5 Å². The lowest BCUT2D eigenvalue weighted by atomic mass is 10.1. The number of carbonyl (C=O) groups excluding carboxylic acids is 1. The highest BCUT2D eigenvalue weighted by molar-refractivity contribution is 5.77. The SMILES string of the molecule is CN(Cc1ccccn1)c1ccc(C=O)cc1C(F)(F)F. The minimum atomic E-state index is -4.52. The summed E-state index contributed by atoms with van der Waals surface area (Å²) in [6.45, 7) is 0.240. The number of aromatic nitrogens is 1. The average Bonchev–Trinajstić information content (AvgIpc) is 2.46. The van der Waals surface area contributed by atoms with Crippen LogP contribution in [0.4, 0.5) is 18.9 Å². The first-order chi connectivity index (χ1) is 9.91. The smallest absolute Gasteiger partial charge is 0.368 e. The molecular formula is C15H13F3N2O. The third kappa shape index (κ3) is 3.59. The molecule has 1 heterocycles. The van der Waals surface area contributed by atoms with E-state index in [2.05, 4.69) is 4.98 Å². The Labute approximate surface area is 120 Å². The van der Waals surface area contributed by atoms with E-state index in [1.165, 1.54) is 17.0 Å². The summed E-state index contributed by atoms with van der Waals surface area (Å²) in [5.41, 5.74) is -0.158. The Kier molecular flexibility index (Phi) is 4.26. The van der Waals surface area contributed by atoms with Gasteiger partial charge in [0.25, 0.3) is 0 Å². The Morgan fingerprint density at radius 3 is 2.57 bits per heavy atom. The molecule has 0 saturated heterocycles. The molecule has 0 N–H and O–H groups in total. The molecule has 0 radical (unpaired) electrons. The number of anilines is 1. The highest BCUT2D eigenvalue weighted by Gasteiger charge is 2.34. The van der Waals surface area contributed by atoms with Crippen LogP contribution in [-0.2, 0) is 12.7 Å². The molecule has 0 aliphatic rings. The summed E-state index contributed by atoms with van der Waals surface area (Å²) in [5, 5.41) is 0. The van der Waals surface area contributed by atoms with Gasteiger partial charge in [0.15, 0.2) is 0 Å². The molecule has 0 amide bonds. The van der Waals surface area contributed by atoms with Crippen LogP contribution in [0.2, 0.25) is 0 Å². The maximum Gasteiger partial charge on any atom is 0.418 e. The largest absolute Gasteiger partial charge is 0.418 e. The third-order valence-corrected chi connectivity index (χ3v) is 3.00. The van der Waals surface area contributed by atoms with Crippen LogP contribution in [-0.4, -0.2) is 18.3 Å². The van der Waals surface area contributed by atoms with Crippen LogP contribution in [0.1, 0.15) is 21.6 Å². The van der Waals surface area contributed by atoms with Crippen molar-refractivity contribution < 1.29 is 18.0 Å². The summed E-state index contributed by atoms with van der Waals surface area (Å²) >= 11 is 0. The number of alkyl halides is 3. The van der Waals surface area contributed by atoms with Crippen molar-refractivity contribution in [1.82, 2.24) is 4.98 Å². The fourth-order valence-corrected chi connectivity index (χ4v) is 2.01. The molecule has 3 nitrogen and oxygen atoms in total. The van der Waals surface area contributed by atoms with Crippen LogP contribution >= 0.6 is 0 Å².